The number of hydrogen-bond donors (Lipinski definition) is 1. The molecule has 1 aliphatic heterocycles. The smallest absolute Gasteiger partial charge is 0.359 e. The molecule has 86 valence electrons. The van der Waals surface area contributed by atoms with E-state index in [1.54, 1.807) is 0 Å². The Morgan fingerprint density at radius 3 is 2.67 bits per heavy atom. The molecule has 4 nitrogen and oxygen atoms in total. The van der Waals surface area contributed by atoms with E-state index in [2.05, 4.69) is 5.32 Å². The minimum atomic E-state index is -4.41. The van der Waals surface area contributed by atoms with E-state index in [4.69, 9.17) is 0 Å². The first-order valence-corrected chi connectivity index (χ1v) is 4.39. The molecule has 1 unspecified atom stereocenters. The Bertz CT molecular complexity index is 278. The van der Waals surface area contributed by atoms with Crippen LogP contribution in [0.25, 0.3) is 0 Å². The van der Waals surface area contributed by atoms with Gasteiger partial charge in [-0.05, 0) is 0 Å². The predicted molar refractivity (Wildman–Crippen MR) is 44.8 cm³/mol. The molecule has 0 bridgehead atoms. The number of carbonyl (C=O) groups is 2. The maximum atomic E-state index is 12.0. The lowest BCUT2D eigenvalue weighted by molar-refractivity contribution is -0.157. The Kier molecular flexibility index (Phi) is 3.21. The van der Waals surface area contributed by atoms with Crippen molar-refractivity contribution in [3.8, 4) is 0 Å². The summed E-state index contributed by atoms with van der Waals surface area (Å²) in [7, 11) is 1.39. The highest BCUT2D eigenvalue weighted by atomic mass is 19.4. The second kappa shape index (κ2) is 4.08. The molecule has 0 radical (unpaired) electrons. The first-order valence-electron chi connectivity index (χ1n) is 4.39. The van der Waals surface area contributed by atoms with Crippen molar-refractivity contribution in [2.24, 2.45) is 5.92 Å². The zero-order valence-corrected chi connectivity index (χ0v) is 8.10. The molecule has 1 fully saturated rings. The van der Waals surface area contributed by atoms with Gasteiger partial charge in [0, 0.05) is 20.0 Å². The number of likely N-dealkylation sites (tertiary alicyclic amines) is 1. The Morgan fingerprint density at radius 1 is 1.60 bits per heavy atom. The minimum Gasteiger partial charge on any atom is -0.359 e. The SMILES string of the molecule is CNC(=O)C1CC(=O)N(CC(F)(F)F)C1. The first kappa shape index (κ1) is 11.8. The van der Waals surface area contributed by atoms with Gasteiger partial charge in [0.05, 0.1) is 5.92 Å². The number of amides is 2. The third-order valence-corrected chi connectivity index (χ3v) is 2.20. The number of carbonyl (C=O) groups excluding carboxylic acids is 2. The maximum absolute atomic E-state index is 12.0. The van der Waals surface area contributed by atoms with E-state index in [9.17, 15) is 22.8 Å². The van der Waals surface area contributed by atoms with Crippen molar-refractivity contribution in [3.05, 3.63) is 0 Å². The van der Waals surface area contributed by atoms with Gasteiger partial charge in [-0.3, -0.25) is 9.59 Å². The van der Waals surface area contributed by atoms with Gasteiger partial charge in [0.2, 0.25) is 11.8 Å². The highest BCUT2D eigenvalue weighted by Crippen LogP contribution is 2.23. The molecule has 1 heterocycles. The molecule has 2 amide bonds. The number of nitrogens with zero attached hydrogens (tertiary/aromatic N) is 1. The third-order valence-electron chi connectivity index (χ3n) is 2.20. The van der Waals surface area contributed by atoms with Gasteiger partial charge in [-0.25, -0.2) is 0 Å². The molecule has 0 saturated carbocycles. The van der Waals surface area contributed by atoms with Gasteiger partial charge in [0.1, 0.15) is 6.54 Å². The number of hydrogen-bond acceptors (Lipinski definition) is 2. The van der Waals surface area contributed by atoms with Crippen LogP contribution in [0.15, 0.2) is 0 Å². The number of rotatable bonds is 2. The van der Waals surface area contributed by atoms with Crippen LogP contribution in [0.2, 0.25) is 0 Å². The number of nitrogens with one attached hydrogen (secondary N) is 1. The molecular weight excluding hydrogens is 213 g/mol. The highest BCUT2D eigenvalue weighted by molar-refractivity contribution is 5.89. The van der Waals surface area contributed by atoms with Gasteiger partial charge < -0.3 is 10.2 Å². The standard InChI is InChI=1S/C8H11F3N2O2/c1-12-7(15)5-2-6(14)13(3-5)4-8(9,10)11/h5H,2-4H2,1H3,(H,12,15). The molecule has 1 aliphatic rings. The third kappa shape index (κ3) is 3.10. The van der Waals surface area contributed by atoms with Crippen molar-refractivity contribution in [2.45, 2.75) is 12.6 Å². The van der Waals surface area contributed by atoms with Crippen molar-refractivity contribution in [1.82, 2.24) is 10.2 Å². The van der Waals surface area contributed by atoms with E-state index < -0.39 is 30.5 Å². The van der Waals surface area contributed by atoms with E-state index in [1.165, 1.54) is 7.05 Å². The lowest BCUT2D eigenvalue weighted by Gasteiger charge is -2.17. The summed E-state index contributed by atoms with van der Waals surface area (Å²) >= 11 is 0. The fourth-order valence-corrected chi connectivity index (χ4v) is 1.52. The number of halogens is 3. The maximum Gasteiger partial charge on any atom is 0.406 e. The minimum absolute atomic E-state index is 0.143. The fourth-order valence-electron chi connectivity index (χ4n) is 1.52. The van der Waals surface area contributed by atoms with Gasteiger partial charge in [-0.1, -0.05) is 0 Å². The molecule has 0 spiro atoms. The molecule has 0 aromatic heterocycles. The van der Waals surface area contributed by atoms with Crippen LogP contribution >= 0.6 is 0 Å². The average molecular weight is 224 g/mol. The summed E-state index contributed by atoms with van der Waals surface area (Å²) in [5, 5.41) is 2.31. The van der Waals surface area contributed by atoms with Gasteiger partial charge in [-0.2, -0.15) is 13.2 Å². The molecule has 1 rings (SSSR count). The van der Waals surface area contributed by atoms with Crippen LogP contribution in [0.5, 0.6) is 0 Å². The molecule has 0 aromatic carbocycles. The quantitative estimate of drug-likeness (QED) is 0.725. The summed E-state index contributed by atoms with van der Waals surface area (Å²) in [6.07, 6.45) is -4.55. The van der Waals surface area contributed by atoms with Crippen molar-refractivity contribution in [1.29, 1.82) is 0 Å². The van der Waals surface area contributed by atoms with Crippen LogP contribution in [-0.2, 0) is 9.59 Å². The van der Waals surface area contributed by atoms with Gasteiger partial charge in [-0.15, -0.1) is 0 Å². The molecule has 0 aliphatic carbocycles. The van der Waals surface area contributed by atoms with Crippen molar-refractivity contribution < 1.29 is 22.8 Å². The Balaban J connectivity index is 2.57. The van der Waals surface area contributed by atoms with Crippen molar-refractivity contribution >= 4 is 11.8 Å². The molecule has 1 atom stereocenters. The van der Waals surface area contributed by atoms with E-state index in [0.717, 1.165) is 0 Å². The largest absolute Gasteiger partial charge is 0.406 e. The molecule has 7 heteroatoms. The summed E-state index contributed by atoms with van der Waals surface area (Å²) in [6.45, 7) is -1.43. The van der Waals surface area contributed by atoms with Crippen LogP contribution in [0.1, 0.15) is 6.42 Å². The Morgan fingerprint density at radius 2 is 2.20 bits per heavy atom. The second-order valence-electron chi connectivity index (χ2n) is 3.40. The lowest BCUT2D eigenvalue weighted by Crippen LogP contribution is -2.36. The van der Waals surface area contributed by atoms with E-state index in [0.29, 0.717) is 4.90 Å². The zero-order valence-electron chi connectivity index (χ0n) is 8.10. The van der Waals surface area contributed by atoms with Crippen LogP contribution in [0.4, 0.5) is 13.2 Å². The van der Waals surface area contributed by atoms with Crippen LogP contribution in [0, 0.1) is 5.92 Å². The lowest BCUT2D eigenvalue weighted by atomic mass is 10.1. The van der Waals surface area contributed by atoms with Crippen LogP contribution < -0.4 is 5.32 Å². The summed E-state index contributed by atoms with van der Waals surface area (Å²) < 4.78 is 36.0. The van der Waals surface area contributed by atoms with E-state index >= 15 is 0 Å². The molecular formula is C8H11F3N2O2. The second-order valence-corrected chi connectivity index (χ2v) is 3.40. The molecule has 1 N–H and O–H groups in total. The van der Waals surface area contributed by atoms with Crippen LogP contribution in [0.3, 0.4) is 0 Å². The molecule has 0 aromatic rings. The topological polar surface area (TPSA) is 49.4 Å². The summed E-state index contributed by atoms with van der Waals surface area (Å²) in [4.78, 5) is 22.9. The average Bonchev–Trinajstić information content (AvgIpc) is 2.44. The summed E-state index contributed by atoms with van der Waals surface area (Å²) in [6, 6.07) is 0. The summed E-state index contributed by atoms with van der Waals surface area (Å²) in [5.41, 5.74) is 0. The van der Waals surface area contributed by atoms with Gasteiger partial charge in [0.15, 0.2) is 0 Å². The fraction of sp³-hybridized carbons (Fsp3) is 0.750. The van der Waals surface area contributed by atoms with Crippen molar-refractivity contribution in [3.63, 3.8) is 0 Å². The van der Waals surface area contributed by atoms with Gasteiger partial charge >= 0.3 is 6.18 Å². The normalized spacial score (nSPS) is 22.0. The van der Waals surface area contributed by atoms with Crippen molar-refractivity contribution in [2.75, 3.05) is 20.1 Å². The van der Waals surface area contributed by atoms with E-state index in [-0.39, 0.29) is 13.0 Å². The van der Waals surface area contributed by atoms with Gasteiger partial charge in [0.25, 0.3) is 0 Å². The number of alkyl halides is 3. The van der Waals surface area contributed by atoms with E-state index in [1.807, 2.05) is 0 Å². The summed E-state index contributed by atoms with van der Waals surface area (Å²) in [5.74, 6) is -1.68. The molecule has 15 heavy (non-hydrogen) atoms. The Hall–Kier alpha value is -1.27. The first-order chi connectivity index (χ1) is 6.83. The van der Waals surface area contributed by atoms with Crippen LogP contribution in [-0.4, -0.2) is 43.0 Å². The molecule has 1 saturated heterocycles. The Labute approximate surface area is 84.4 Å². The highest BCUT2D eigenvalue weighted by Gasteiger charge is 2.40. The zero-order chi connectivity index (χ0) is 11.6. The monoisotopic (exact) mass is 224 g/mol. The predicted octanol–water partition coefficient (Wildman–Crippen LogP) is 0.143.